The van der Waals surface area contributed by atoms with E-state index >= 15 is 0 Å². The lowest BCUT2D eigenvalue weighted by atomic mass is 9.99. The van der Waals surface area contributed by atoms with Crippen molar-refractivity contribution in [2.45, 2.75) is 25.0 Å². The molecule has 0 unspecified atom stereocenters. The maximum Gasteiger partial charge on any atom is 0.260 e. The van der Waals surface area contributed by atoms with E-state index < -0.39 is 24.5 Å². The minimum atomic E-state index is -2.57. The minimum absolute atomic E-state index is 0.116. The molecule has 13 nitrogen and oxygen atoms in total. The van der Waals surface area contributed by atoms with E-state index in [0.29, 0.717) is 29.4 Å². The Morgan fingerprint density at radius 3 is 2.76 bits per heavy atom. The van der Waals surface area contributed by atoms with Crippen LogP contribution in [0, 0.1) is 0 Å². The lowest BCUT2D eigenvalue weighted by Crippen LogP contribution is -2.36. The van der Waals surface area contributed by atoms with Gasteiger partial charge in [-0.3, -0.25) is 9.48 Å². The van der Waals surface area contributed by atoms with Crippen LogP contribution in [0.1, 0.15) is 12.1 Å². The number of aliphatic hydroxyl groups is 1. The number of hydrogen-bond donors (Lipinski definition) is 2. The standard InChI is InChI=1S/C22H22F2N10O3/c1-32-9-7-22(36,20(32)35)16-11-34(31-29-16)18-5-3-4-13(26-18)14-6-8-25-21(27-14)28-15-10-33(12-17(23)24)30-19(15)37-2/h3-6,8,10-11,17,36H,7,9,12H2,1-2H3,(H,25,27,28)/t22-/m1/s1. The number of carbonyl (C=O) groups excluding carboxylic acids is 1. The first-order chi connectivity index (χ1) is 17.8. The van der Waals surface area contributed by atoms with Crippen molar-refractivity contribution < 1.29 is 23.4 Å². The number of methoxy groups -OCH3 is 1. The molecule has 5 heterocycles. The lowest BCUT2D eigenvalue weighted by molar-refractivity contribution is -0.143. The van der Waals surface area contributed by atoms with E-state index in [1.54, 1.807) is 31.3 Å². The summed E-state index contributed by atoms with van der Waals surface area (Å²) in [4.78, 5) is 27.0. The van der Waals surface area contributed by atoms with Gasteiger partial charge < -0.3 is 20.1 Å². The Morgan fingerprint density at radius 1 is 1.22 bits per heavy atom. The van der Waals surface area contributed by atoms with Gasteiger partial charge in [0.1, 0.15) is 17.9 Å². The number of rotatable bonds is 8. The van der Waals surface area contributed by atoms with E-state index in [9.17, 15) is 18.7 Å². The van der Waals surface area contributed by atoms with Crippen LogP contribution in [0.15, 0.2) is 42.9 Å². The monoisotopic (exact) mass is 512 g/mol. The van der Waals surface area contributed by atoms with Crippen molar-refractivity contribution in [1.82, 2.24) is 44.6 Å². The maximum absolute atomic E-state index is 12.7. The fourth-order valence-electron chi connectivity index (χ4n) is 3.91. The molecule has 4 aromatic rings. The second kappa shape index (κ2) is 9.50. The van der Waals surface area contributed by atoms with Gasteiger partial charge in [-0.25, -0.2) is 28.4 Å². The number of likely N-dealkylation sites (tertiary alicyclic amines) is 1. The van der Waals surface area contributed by atoms with Crippen LogP contribution in [0.4, 0.5) is 20.4 Å². The number of pyridine rings is 1. The first-order valence-corrected chi connectivity index (χ1v) is 11.1. The molecule has 1 aliphatic rings. The molecule has 0 aliphatic carbocycles. The molecule has 37 heavy (non-hydrogen) atoms. The van der Waals surface area contributed by atoms with E-state index in [1.807, 2.05) is 0 Å². The Balaban J connectivity index is 1.39. The van der Waals surface area contributed by atoms with Crippen LogP contribution in [0.25, 0.3) is 17.2 Å². The summed E-state index contributed by atoms with van der Waals surface area (Å²) in [6, 6.07) is 6.82. The average molecular weight is 512 g/mol. The Bertz CT molecular complexity index is 1440. The number of anilines is 2. The Kier molecular flexibility index (Phi) is 6.20. The molecular formula is C22H22F2N10O3. The zero-order valence-electron chi connectivity index (χ0n) is 19.8. The number of alkyl halides is 2. The van der Waals surface area contributed by atoms with Crippen molar-refractivity contribution in [2.24, 2.45) is 0 Å². The Labute approximate surface area is 208 Å². The van der Waals surface area contributed by atoms with Crippen molar-refractivity contribution in [3.05, 3.63) is 48.5 Å². The van der Waals surface area contributed by atoms with Crippen LogP contribution in [0.3, 0.4) is 0 Å². The summed E-state index contributed by atoms with van der Waals surface area (Å²) in [6.07, 6.45) is 2.01. The molecule has 4 aromatic heterocycles. The molecule has 0 aromatic carbocycles. The van der Waals surface area contributed by atoms with Crippen LogP contribution in [-0.2, 0) is 16.9 Å². The highest BCUT2D eigenvalue weighted by atomic mass is 19.3. The highest BCUT2D eigenvalue weighted by Crippen LogP contribution is 2.31. The highest BCUT2D eigenvalue weighted by molar-refractivity contribution is 5.87. The number of aromatic nitrogens is 8. The van der Waals surface area contributed by atoms with Gasteiger partial charge in [0.2, 0.25) is 5.95 Å². The molecule has 1 fully saturated rings. The van der Waals surface area contributed by atoms with Crippen LogP contribution in [0.2, 0.25) is 0 Å². The molecule has 1 saturated heterocycles. The van der Waals surface area contributed by atoms with Crippen LogP contribution >= 0.6 is 0 Å². The predicted octanol–water partition coefficient (Wildman–Crippen LogP) is 1.38. The number of carbonyl (C=O) groups is 1. The maximum atomic E-state index is 12.7. The summed E-state index contributed by atoms with van der Waals surface area (Å²) in [5.74, 6) is 0.249. The summed E-state index contributed by atoms with van der Waals surface area (Å²) in [5.41, 5.74) is -0.311. The molecule has 192 valence electrons. The van der Waals surface area contributed by atoms with Gasteiger partial charge in [0.15, 0.2) is 11.4 Å². The number of nitrogens with one attached hydrogen (secondary N) is 1. The van der Waals surface area contributed by atoms with Gasteiger partial charge in [0.05, 0.1) is 30.9 Å². The van der Waals surface area contributed by atoms with Crippen molar-refractivity contribution in [2.75, 3.05) is 26.0 Å². The van der Waals surface area contributed by atoms with E-state index in [2.05, 4.69) is 35.7 Å². The topological polar surface area (TPSA) is 149 Å². The van der Waals surface area contributed by atoms with Gasteiger partial charge in [-0.1, -0.05) is 11.3 Å². The molecule has 1 aliphatic heterocycles. The SMILES string of the molecule is COc1nn(CC(F)F)cc1Nc1nccc(-c2cccc(-n3cc([C@]4(O)CCN(C)C4=O)nn3)n2)n1. The third-order valence-corrected chi connectivity index (χ3v) is 5.81. The smallest absolute Gasteiger partial charge is 0.260 e. The zero-order chi connectivity index (χ0) is 26.2. The molecular weight excluding hydrogens is 490 g/mol. The molecule has 2 N–H and O–H groups in total. The fourth-order valence-corrected chi connectivity index (χ4v) is 3.91. The number of nitrogens with zero attached hydrogens (tertiary/aromatic N) is 9. The Hall–Kier alpha value is -4.53. The van der Waals surface area contributed by atoms with Gasteiger partial charge in [0.25, 0.3) is 18.2 Å². The number of likely N-dealkylation sites (N-methyl/N-ethyl adjacent to an activating group) is 1. The third kappa shape index (κ3) is 4.67. The summed E-state index contributed by atoms with van der Waals surface area (Å²) < 4.78 is 33.0. The number of hydrogen-bond acceptors (Lipinski definition) is 10. The number of halogens is 2. The third-order valence-electron chi connectivity index (χ3n) is 5.81. The first kappa shape index (κ1) is 24.2. The normalized spacial score (nSPS) is 17.6. The molecule has 15 heteroatoms. The minimum Gasteiger partial charge on any atom is -0.478 e. The number of ether oxygens (including phenoxy) is 1. The zero-order valence-corrected chi connectivity index (χ0v) is 19.8. The van der Waals surface area contributed by atoms with E-state index in [1.165, 1.54) is 35.3 Å². The van der Waals surface area contributed by atoms with Crippen molar-refractivity contribution in [3.8, 4) is 23.1 Å². The van der Waals surface area contributed by atoms with E-state index in [0.717, 1.165) is 4.68 Å². The van der Waals surface area contributed by atoms with E-state index in [4.69, 9.17) is 4.74 Å². The van der Waals surface area contributed by atoms with Crippen molar-refractivity contribution >= 4 is 17.5 Å². The molecule has 0 spiro atoms. The van der Waals surface area contributed by atoms with Crippen molar-refractivity contribution in [3.63, 3.8) is 0 Å². The van der Waals surface area contributed by atoms with Crippen molar-refractivity contribution in [1.29, 1.82) is 0 Å². The van der Waals surface area contributed by atoms with Crippen LogP contribution < -0.4 is 10.1 Å². The van der Waals surface area contributed by atoms with E-state index in [-0.39, 0.29) is 23.9 Å². The molecule has 1 atom stereocenters. The molecule has 0 radical (unpaired) electrons. The second-order valence-electron chi connectivity index (χ2n) is 8.32. The van der Waals surface area contributed by atoms with Gasteiger partial charge in [-0.2, -0.15) is 0 Å². The Morgan fingerprint density at radius 2 is 2.03 bits per heavy atom. The summed E-state index contributed by atoms with van der Waals surface area (Å²) in [6.45, 7) is -0.166. The van der Waals surface area contributed by atoms with Crippen LogP contribution in [0.5, 0.6) is 5.88 Å². The summed E-state index contributed by atoms with van der Waals surface area (Å²) in [7, 11) is 2.99. The van der Waals surface area contributed by atoms with Gasteiger partial charge in [-0.15, -0.1) is 10.2 Å². The molecule has 5 rings (SSSR count). The second-order valence-corrected chi connectivity index (χ2v) is 8.32. The summed E-state index contributed by atoms with van der Waals surface area (Å²) >= 11 is 0. The number of amides is 1. The van der Waals surface area contributed by atoms with Gasteiger partial charge in [0, 0.05) is 26.2 Å². The molecule has 1 amide bonds. The first-order valence-electron chi connectivity index (χ1n) is 11.1. The lowest BCUT2D eigenvalue weighted by Gasteiger charge is -2.17. The quantitative estimate of drug-likeness (QED) is 0.355. The van der Waals surface area contributed by atoms with Gasteiger partial charge in [-0.05, 0) is 18.2 Å². The summed E-state index contributed by atoms with van der Waals surface area (Å²) in [5, 5.41) is 25.8. The largest absolute Gasteiger partial charge is 0.478 e. The molecule has 0 bridgehead atoms. The highest BCUT2D eigenvalue weighted by Gasteiger charge is 2.47. The predicted molar refractivity (Wildman–Crippen MR) is 124 cm³/mol. The molecule has 0 saturated carbocycles. The fraction of sp³-hybridized carbons (Fsp3) is 0.318. The average Bonchev–Trinajstić information content (AvgIpc) is 3.60. The van der Waals surface area contributed by atoms with Crippen LogP contribution in [-0.4, -0.2) is 82.8 Å². The van der Waals surface area contributed by atoms with Gasteiger partial charge >= 0.3 is 0 Å².